The van der Waals surface area contributed by atoms with Gasteiger partial charge < -0.3 is 10.2 Å². The third-order valence-corrected chi connectivity index (χ3v) is 3.73. The molecule has 3 heteroatoms. The van der Waals surface area contributed by atoms with Gasteiger partial charge in [0.25, 0.3) is 0 Å². The summed E-state index contributed by atoms with van der Waals surface area (Å²) in [6.07, 6.45) is 0. The van der Waals surface area contributed by atoms with Crippen molar-refractivity contribution in [2.75, 3.05) is 19.6 Å². The number of benzene rings is 1. The van der Waals surface area contributed by atoms with Crippen molar-refractivity contribution < 1.29 is 0 Å². The van der Waals surface area contributed by atoms with Crippen molar-refractivity contribution in [1.82, 2.24) is 10.2 Å². The maximum absolute atomic E-state index is 6.02. The molecule has 0 aliphatic rings. The molecule has 0 radical (unpaired) electrons. The molecule has 1 N–H and O–H groups in total. The summed E-state index contributed by atoms with van der Waals surface area (Å²) in [4.78, 5) is 2.44. The zero-order valence-electron chi connectivity index (χ0n) is 12.0. The van der Waals surface area contributed by atoms with Gasteiger partial charge in [0.05, 0.1) is 0 Å². The Kier molecular flexibility index (Phi) is 6.69. The minimum absolute atomic E-state index is 0.501. The molecule has 1 rings (SSSR count). The minimum Gasteiger partial charge on any atom is -0.309 e. The van der Waals surface area contributed by atoms with Crippen molar-refractivity contribution in [2.45, 2.75) is 40.3 Å². The highest BCUT2D eigenvalue weighted by atomic mass is 35.5. The van der Waals surface area contributed by atoms with Crippen LogP contribution in [0.2, 0.25) is 5.02 Å². The van der Waals surface area contributed by atoms with E-state index < -0.39 is 0 Å². The van der Waals surface area contributed by atoms with Crippen LogP contribution in [0.1, 0.15) is 31.9 Å². The van der Waals surface area contributed by atoms with Crippen LogP contribution in [0, 0.1) is 6.92 Å². The molecule has 2 nitrogen and oxygen atoms in total. The lowest BCUT2D eigenvalue weighted by Gasteiger charge is -2.23. The van der Waals surface area contributed by atoms with E-state index in [1.54, 1.807) is 0 Å². The molecule has 0 heterocycles. The van der Waals surface area contributed by atoms with Crippen LogP contribution in [-0.4, -0.2) is 30.6 Å². The van der Waals surface area contributed by atoms with Crippen molar-refractivity contribution in [3.63, 3.8) is 0 Å². The molecule has 102 valence electrons. The fourth-order valence-electron chi connectivity index (χ4n) is 2.04. The zero-order chi connectivity index (χ0) is 13.5. The standard InChI is InChI=1S/C15H25ClN2/c1-5-18(6-2)11-13(4)17-10-14-7-8-15(16)12(3)9-14/h7-9,13,17H,5-6,10-11H2,1-4H3. The van der Waals surface area contributed by atoms with Gasteiger partial charge in [-0.1, -0.05) is 37.6 Å². The van der Waals surface area contributed by atoms with Crippen LogP contribution in [0.15, 0.2) is 18.2 Å². The molecule has 0 aromatic heterocycles. The first-order chi connectivity index (χ1) is 8.56. The van der Waals surface area contributed by atoms with Crippen molar-refractivity contribution in [3.8, 4) is 0 Å². The normalized spacial score (nSPS) is 13.0. The number of hydrogen-bond acceptors (Lipinski definition) is 2. The third kappa shape index (κ3) is 4.97. The third-order valence-electron chi connectivity index (χ3n) is 3.30. The van der Waals surface area contributed by atoms with Gasteiger partial charge in [0.15, 0.2) is 0 Å². The minimum atomic E-state index is 0.501. The Morgan fingerprint density at radius 2 is 1.94 bits per heavy atom. The van der Waals surface area contributed by atoms with Crippen LogP contribution in [0.4, 0.5) is 0 Å². The van der Waals surface area contributed by atoms with Crippen LogP contribution in [0.5, 0.6) is 0 Å². The fraction of sp³-hybridized carbons (Fsp3) is 0.600. The Hall–Kier alpha value is -0.570. The average Bonchev–Trinajstić information content (AvgIpc) is 2.37. The Morgan fingerprint density at radius 1 is 1.28 bits per heavy atom. The molecule has 0 aliphatic heterocycles. The first kappa shape index (κ1) is 15.5. The summed E-state index contributed by atoms with van der Waals surface area (Å²) in [6, 6.07) is 6.72. The highest BCUT2D eigenvalue weighted by molar-refractivity contribution is 6.31. The van der Waals surface area contributed by atoms with E-state index in [4.69, 9.17) is 11.6 Å². The van der Waals surface area contributed by atoms with E-state index in [2.05, 4.69) is 43.1 Å². The van der Waals surface area contributed by atoms with Crippen LogP contribution in [-0.2, 0) is 6.54 Å². The van der Waals surface area contributed by atoms with E-state index in [1.807, 2.05) is 13.0 Å². The van der Waals surface area contributed by atoms with Crippen molar-refractivity contribution in [3.05, 3.63) is 34.3 Å². The fourth-order valence-corrected chi connectivity index (χ4v) is 2.16. The molecular formula is C15H25ClN2. The van der Waals surface area contributed by atoms with E-state index in [1.165, 1.54) is 5.56 Å². The van der Waals surface area contributed by atoms with E-state index in [9.17, 15) is 0 Å². The van der Waals surface area contributed by atoms with Gasteiger partial charge in [-0.3, -0.25) is 0 Å². The summed E-state index contributed by atoms with van der Waals surface area (Å²) in [7, 11) is 0. The first-order valence-corrected chi connectivity index (χ1v) is 7.15. The molecule has 0 spiro atoms. The van der Waals surface area contributed by atoms with Crippen molar-refractivity contribution >= 4 is 11.6 Å². The SMILES string of the molecule is CCN(CC)CC(C)NCc1ccc(Cl)c(C)c1. The summed E-state index contributed by atoms with van der Waals surface area (Å²) in [5.41, 5.74) is 2.44. The molecule has 1 aromatic rings. The topological polar surface area (TPSA) is 15.3 Å². The highest BCUT2D eigenvalue weighted by Gasteiger charge is 2.06. The predicted octanol–water partition coefficient (Wildman–Crippen LogP) is 3.47. The second kappa shape index (κ2) is 7.78. The largest absolute Gasteiger partial charge is 0.309 e. The number of rotatable bonds is 7. The van der Waals surface area contributed by atoms with E-state index >= 15 is 0 Å². The van der Waals surface area contributed by atoms with Gasteiger partial charge in [-0.05, 0) is 44.1 Å². The quantitative estimate of drug-likeness (QED) is 0.815. The second-order valence-corrected chi connectivity index (χ2v) is 5.26. The number of nitrogens with zero attached hydrogens (tertiary/aromatic N) is 1. The Balaban J connectivity index is 2.42. The van der Waals surface area contributed by atoms with Crippen molar-refractivity contribution in [1.29, 1.82) is 0 Å². The summed E-state index contributed by atoms with van der Waals surface area (Å²) < 4.78 is 0. The van der Waals surface area contributed by atoms with E-state index in [-0.39, 0.29) is 0 Å². The first-order valence-electron chi connectivity index (χ1n) is 6.77. The maximum Gasteiger partial charge on any atom is 0.0435 e. The van der Waals surface area contributed by atoms with Crippen molar-refractivity contribution in [2.24, 2.45) is 0 Å². The molecule has 0 fully saturated rings. The van der Waals surface area contributed by atoms with E-state index in [0.29, 0.717) is 6.04 Å². The number of likely N-dealkylation sites (N-methyl/N-ethyl adjacent to an activating group) is 1. The molecule has 18 heavy (non-hydrogen) atoms. The van der Waals surface area contributed by atoms with Gasteiger partial charge in [0.2, 0.25) is 0 Å². The Bertz CT molecular complexity index is 362. The van der Waals surface area contributed by atoms with Crippen LogP contribution in [0.25, 0.3) is 0 Å². The summed E-state index contributed by atoms with van der Waals surface area (Å²) >= 11 is 6.02. The monoisotopic (exact) mass is 268 g/mol. The molecule has 0 saturated heterocycles. The number of nitrogens with one attached hydrogen (secondary N) is 1. The molecule has 0 saturated carbocycles. The van der Waals surface area contributed by atoms with Gasteiger partial charge >= 0.3 is 0 Å². The molecule has 1 atom stereocenters. The van der Waals surface area contributed by atoms with Gasteiger partial charge in [-0.15, -0.1) is 0 Å². The second-order valence-electron chi connectivity index (χ2n) is 4.85. The summed E-state index contributed by atoms with van der Waals surface area (Å²) in [5.74, 6) is 0. The predicted molar refractivity (Wildman–Crippen MR) is 80.3 cm³/mol. The smallest absolute Gasteiger partial charge is 0.0435 e. The average molecular weight is 269 g/mol. The zero-order valence-corrected chi connectivity index (χ0v) is 12.7. The van der Waals surface area contributed by atoms with Crippen LogP contribution >= 0.6 is 11.6 Å². The molecule has 0 aliphatic carbocycles. The van der Waals surface area contributed by atoms with Gasteiger partial charge in [0, 0.05) is 24.2 Å². The lowest BCUT2D eigenvalue weighted by molar-refractivity contribution is 0.270. The number of halogens is 1. The molecule has 0 bridgehead atoms. The molecule has 1 unspecified atom stereocenters. The Morgan fingerprint density at radius 3 is 2.50 bits per heavy atom. The maximum atomic E-state index is 6.02. The highest BCUT2D eigenvalue weighted by Crippen LogP contribution is 2.16. The lowest BCUT2D eigenvalue weighted by Crippen LogP contribution is -2.38. The molecular weight excluding hydrogens is 244 g/mol. The molecule has 0 amide bonds. The lowest BCUT2D eigenvalue weighted by atomic mass is 10.1. The van der Waals surface area contributed by atoms with Crippen LogP contribution in [0.3, 0.4) is 0 Å². The van der Waals surface area contributed by atoms with Crippen LogP contribution < -0.4 is 5.32 Å². The summed E-state index contributed by atoms with van der Waals surface area (Å²) in [5, 5.41) is 4.40. The van der Waals surface area contributed by atoms with Gasteiger partial charge in [-0.25, -0.2) is 0 Å². The van der Waals surface area contributed by atoms with Gasteiger partial charge in [-0.2, -0.15) is 0 Å². The summed E-state index contributed by atoms with van der Waals surface area (Å²) in [6.45, 7) is 12.9. The number of hydrogen-bond donors (Lipinski definition) is 1. The molecule has 1 aromatic carbocycles. The van der Waals surface area contributed by atoms with Gasteiger partial charge in [0.1, 0.15) is 0 Å². The number of aryl methyl sites for hydroxylation is 1. The van der Waals surface area contributed by atoms with E-state index in [0.717, 1.165) is 36.8 Å². The Labute approximate surface area is 116 Å².